The number of β-lactam (4-membered cyclic amide) rings is 1. The van der Waals surface area contributed by atoms with Crippen LogP contribution in [0.1, 0.15) is 6.92 Å². The van der Waals surface area contributed by atoms with Crippen molar-refractivity contribution < 1.29 is 4.79 Å². The highest BCUT2D eigenvalue weighted by Crippen LogP contribution is 2.26. The summed E-state index contributed by atoms with van der Waals surface area (Å²) in [6.45, 7) is 2.65. The SMILES string of the molecule is Cn1c(=O)n(CC2(C)CNC2=O)c2nc(Cl)ncc21. The molecule has 1 fully saturated rings. The first-order valence-electron chi connectivity index (χ1n) is 5.78. The zero-order valence-corrected chi connectivity index (χ0v) is 11.2. The van der Waals surface area contributed by atoms with Gasteiger partial charge in [-0.3, -0.25) is 13.9 Å². The average Bonchev–Trinajstić information content (AvgIpc) is 2.61. The largest absolute Gasteiger partial charge is 0.354 e. The van der Waals surface area contributed by atoms with Crippen LogP contribution in [0.5, 0.6) is 0 Å². The molecule has 1 saturated heterocycles. The molecule has 3 rings (SSSR count). The van der Waals surface area contributed by atoms with E-state index in [9.17, 15) is 9.59 Å². The predicted octanol–water partition coefficient (Wildman–Crippen LogP) is -0.0805. The number of nitrogens with one attached hydrogen (secondary N) is 1. The van der Waals surface area contributed by atoms with Crippen molar-refractivity contribution >= 4 is 28.7 Å². The number of aromatic nitrogens is 4. The summed E-state index contributed by atoms with van der Waals surface area (Å²) >= 11 is 5.77. The highest BCUT2D eigenvalue weighted by atomic mass is 35.5. The number of rotatable bonds is 2. The molecule has 1 aliphatic heterocycles. The van der Waals surface area contributed by atoms with Gasteiger partial charge in [0.05, 0.1) is 11.6 Å². The van der Waals surface area contributed by atoms with Crippen LogP contribution >= 0.6 is 11.6 Å². The molecule has 2 aromatic rings. The van der Waals surface area contributed by atoms with Crippen LogP contribution in [0.2, 0.25) is 5.28 Å². The summed E-state index contributed by atoms with van der Waals surface area (Å²) in [6, 6.07) is 0. The molecule has 1 atom stereocenters. The molecule has 0 aliphatic carbocycles. The molecule has 0 spiro atoms. The van der Waals surface area contributed by atoms with Crippen LogP contribution in [0.15, 0.2) is 11.0 Å². The number of nitrogens with zero attached hydrogens (tertiary/aromatic N) is 4. The molecule has 0 bridgehead atoms. The van der Waals surface area contributed by atoms with E-state index in [0.717, 1.165) is 0 Å². The summed E-state index contributed by atoms with van der Waals surface area (Å²) in [5.74, 6) is -0.0587. The highest BCUT2D eigenvalue weighted by Gasteiger charge is 2.42. The van der Waals surface area contributed by atoms with Crippen LogP contribution < -0.4 is 11.0 Å². The van der Waals surface area contributed by atoms with Gasteiger partial charge in [0, 0.05) is 20.1 Å². The van der Waals surface area contributed by atoms with E-state index in [2.05, 4.69) is 15.3 Å². The Bertz CT molecular complexity index is 749. The molecule has 100 valence electrons. The molecular formula is C11H12ClN5O2. The molecule has 0 saturated carbocycles. The molecule has 1 aliphatic rings. The number of aryl methyl sites for hydroxylation is 1. The van der Waals surface area contributed by atoms with Crippen molar-refractivity contribution in [2.24, 2.45) is 12.5 Å². The first kappa shape index (κ1) is 12.2. The van der Waals surface area contributed by atoms with Crippen molar-refractivity contribution in [3.8, 4) is 0 Å². The van der Waals surface area contributed by atoms with Crippen molar-refractivity contribution in [2.45, 2.75) is 13.5 Å². The fraction of sp³-hybridized carbons (Fsp3) is 0.455. The Labute approximate surface area is 113 Å². The number of fused-ring (bicyclic) bond motifs is 1. The lowest BCUT2D eigenvalue weighted by atomic mass is 9.83. The van der Waals surface area contributed by atoms with Gasteiger partial charge in [-0.15, -0.1) is 0 Å². The summed E-state index contributed by atoms with van der Waals surface area (Å²) < 4.78 is 2.92. The summed E-state index contributed by atoms with van der Waals surface area (Å²) in [5, 5.41) is 2.76. The number of imidazole rings is 1. The van der Waals surface area contributed by atoms with E-state index in [0.29, 0.717) is 17.7 Å². The third-order valence-electron chi connectivity index (χ3n) is 3.55. The van der Waals surface area contributed by atoms with E-state index in [1.165, 1.54) is 15.3 Å². The molecule has 7 nitrogen and oxygen atoms in total. The first-order valence-corrected chi connectivity index (χ1v) is 6.16. The van der Waals surface area contributed by atoms with Crippen LogP contribution in [-0.2, 0) is 18.4 Å². The third-order valence-corrected chi connectivity index (χ3v) is 3.73. The van der Waals surface area contributed by atoms with E-state index in [1.807, 2.05) is 6.92 Å². The Morgan fingerprint density at radius 2 is 2.26 bits per heavy atom. The lowest BCUT2D eigenvalue weighted by Crippen LogP contribution is -2.59. The Kier molecular flexibility index (Phi) is 2.43. The van der Waals surface area contributed by atoms with Crippen molar-refractivity contribution in [3.05, 3.63) is 22.0 Å². The number of amides is 1. The van der Waals surface area contributed by atoms with Gasteiger partial charge in [-0.25, -0.2) is 9.78 Å². The van der Waals surface area contributed by atoms with E-state index in [-0.39, 0.29) is 23.4 Å². The maximum atomic E-state index is 12.2. The first-order chi connectivity index (χ1) is 8.92. The smallest absolute Gasteiger partial charge is 0.330 e. The normalized spacial score (nSPS) is 22.4. The minimum atomic E-state index is -0.574. The average molecular weight is 282 g/mol. The molecule has 8 heteroatoms. The van der Waals surface area contributed by atoms with Crippen LogP contribution in [-0.4, -0.2) is 31.6 Å². The number of hydrogen-bond acceptors (Lipinski definition) is 4. The molecule has 0 aromatic carbocycles. The summed E-state index contributed by atoms with van der Waals surface area (Å²) in [4.78, 5) is 31.8. The fourth-order valence-electron chi connectivity index (χ4n) is 2.24. The molecule has 0 radical (unpaired) electrons. The van der Waals surface area contributed by atoms with Gasteiger partial charge in [-0.05, 0) is 18.5 Å². The maximum absolute atomic E-state index is 12.2. The number of halogens is 1. The van der Waals surface area contributed by atoms with Crippen LogP contribution in [0, 0.1) is 5.41 Å². The zero-order chi connectivity index (χ0) is 13.8. The Morgan fingerprint density at radius 3 is 2.84 bits per heavy atom. The second kappa shape index (κ2) is 3.80. The molecule has 1 unspecified atom stereocenters. The zero-order valence-electron chi connectivity index (χ0n) is 10.5. The Morgan fingerprint density at radius 1 is 1.53 bits per heavy atom. The van der Waals surface area contributed by atoms with Crippen molar-refractivity contribution in [3.63, 3.8) is 0 Å². The predicted molar refractivity (Wildman–Crippen MR) is 68.9 cm³/mol. The topological polar surface area (TPSA) is 81.8 Å². The molecule has 2 aromatic heterocycles. The standard InChI is InChI=1S/C11H12ClN5O2/c1-11(4-14-8(11)18)5-17-7-6(16(2)10(17)19)3-13-9(12)15-7/h3H,4-5H2,1-2H3,(H,14,18). The fourth-order valence-corrected chi connectivity index (χ4v) is 2.37. The summed E-state index contributed by atoms with van der Waals surface area (Å²) in [6.07, 6.45) is 1.51. The van der Waals surface area contributed by atoms with Crippen LogP contribution in [0.25, 0.3) is 11.2 Å². The van der Waals surface area contributed by atoms with E-state index >= 15 is 0 Å². The monoisotopic (exact) mass is 281 g/mol. The van der Waals surface area contributed by atoms with Gasteiger partial charge in [-0.1, -0.05) is 0 Å². The third kappa shape index (κ3) is 1.65. The molecule has 3 heterocycles. The van der Waals surface area contributed by atoms with Gasteiger partial charge in [0.25, 0.3) is 0 Å². The van der Waals surface area contributed by atoms with Gasteiger partial charge < -0.3 is 5.32 Å². The lowest BCUT2D eigenvalue weighted by molar-refractivity contribution is -0.139. The van der Waals surface area contributed by atoms with Crippen LogP contribution in [0.4, 0.5) is 0 Å². The highest BCUT2D eigenvalue weighted by molar-refractivity contribution is 6.28. The molecule has 1 amide bonds. The van der Waals surface area contributed by atoms with Crippen molar-refractivity contribution in [1.82, 2.24) is 24.4 Å². The Hall–Kier alpha value is -1.89. The second-order valence-corrected chi connectivity index (χ2v) is 5.36. The van der Waals surface area contributed by atoms with E-state index < -0.39 is 5.41 Å². The van der Waals surface area contributed by atoms with E-state index in [1.54, 1.807) is 7.05 Å². The molecule has 1 N–H and O–H groups in total. The summed E-state index contributed by atoms with van der Waals surface area (Å²) in [5.41, 5.74) is 0.244. The number of carbonyl (C=O) groups excluding carboxylic acids is 1. The second-order valence-electron chi connectivity index (χ2n) is 5.02. The van der Waals surface area contributed by atoms with E-state index in [4.69, 9.17) is 11.6 Å². The van der Waals surface area contributed by atoms with Crippen molar-refractivity contribution in [1.29, 1.82) is 0 Å². The number of carbonyl (C=O) groups is 1. The van der Waals surface area contributed by atoms with Crippen molar-refractivity contribution in [2.75, 3.05) is 6.54 Å². The Balaban J connectivity index is 2.18. The number of hydrogen-bond donors (Lipinski definition) is 1. The van der Waals surface area contributed by atoms with Gasteiger partial charge in [0.15, 0.2) is 5.65 Å². The minimum absolute atomic E-state index is 0.0587. The van der Waals surface area contributed by atoms with Gasteiger partial charge in [-0.2, -0.15) is 4.98 Å². The maximum Gasteiger partial charge on any atom is 0.330 e. The molecular weight excluding hydrogens is 270 g/mol. The summed E-state index contributed by atoms with van der Waals surface area (Å²) in [7, 11) is 1.64. The van der Waals surface area contributed by atoms with Gasteiger partial charge in [0.1, 0.15) is 5.52 Å². The van der Waals surface area contributed by atoms with Gasteiger partial charge in [0.2, 0.25) is 11.2 Å². The van der Waals surface area contributed by atoms with Gasteiger partial charge >= 0.3 is 5.69 Å². The quantitative estimate of drug-likeness (QED) is 0.617. The van der Waals surface area contributed by atoms with Crippen LogP contribution in [0.3, 0.4) is 0 Å². The minimum Gasteiger partial charge on any atom is -0.354 e. The molecule has 19 heavy (non-hydrogen) atoms. The lowest BCUT2D eigenvalue weighted by Gasteiger charge is -2.37.